The molecular formula is C14H25NO3S. The third-order valence-corrected chi connectivity index (χ3v) is 6.24. The van der Waals surface area contributed by atoms with Crippen LogP contribution >= 0.6 is 0 Å². The summed E-state index contributed by atoms with van der Waals surface area (Å²) in [4.78, 5) is 14.3. The summed E-state index contributed by atoms with van der Waals surface area (Å²) in [5, 5.41) is 0. The Balaban J connectivity index is 1.95. The van der Waals surface area contributed by atoms with Gasteiger partial charge in [0.15, 0.2) is 9.84 Å². The van der Waals surface area contributed by atoms with Gasteiger partial charge in [-0.2, -0.15) is 0 Å². The fraction of sp³-hybridized carbons (Fsp3) is 0.929. The highest BCUT2D eigenvalue weighted by molar-refractivity contribution is 7.91. The molecule has 2 rings (SSSR count). The molecule has 1 heterocycles. The van der Waals surface area contributed by atoms with Crippen LogP contribution in [0.4, 0.5) is 0 Å². The average Bonchev–Trinajstić information content (AvgIpc) is 2.45. The van der Waals surface area contributed by atoms with Crippen molar-refractivity contribution in [2.45, 2.75) is 33.1 Å². The van der Waals surface area contributed by atoms with Gasteiger partial charge in [0.2, 0.25) is 0 Å². The van der Waals surface area contributed by atoms with E-state index in [1.807, 2.05) is 0 Å². The number of hydrogen-bond donors (Lipinski definition) is 0. The molecule has 0 aromatic rings. The van der Waals surface area contributed by atoms with Gasteiger partial charge in [0, 0.05) is 25.4 Å². The van der Waals surface area contributed by atoms with Crippen molar-refractivity contribution in [3.63, 3.8) is 0 Å². The first kappa shape index (κ1) is 15.0. The molecule has 110 valence electrons. The summed E-state index contributed by atoms with van der Waals surface area (Å²) < 4.78 is 23.2. The standard InChI is InChI=1S/C14H25NO3S/c1-11-8-12(2)13(14(16)9-11)10-15-4-3-6-19(17,18)7-5-15/h11-13H,3-10H2,1-2H3. The number of rotatable bonds is 2. The number of sulfone groups is 1. The maximum atomic E-state index is 12.2. The van der Waals surface area contributed by atoms with Crippen LogP contribution in [0.5, 0.6) is 0 Å². The zero-order chi connectivity index (χ0) is 14.0. The Morgan fingerprint density at radius 3 is 2.63 bits per heavy atom. The Kier molecular flexibility index (Phi) is 4.66. The minimum atomic E-state index is -2.86. The van der Waals surface area contributed by atoms with Crippen LogP contribution in [0.3, 0.4) is 0 Å². The van der Waals surface area contributed by atoms with E-state index in [0.717, 1.165) is 19.5 Å². The molecule has 1 aliphatic carbocycles. The van der Waals surface area contributed by atoms with E-state index in [2.05, 4.69) is 18.7 Å². The lowest BCUT2D eigenvalue weighted by Gasteiger charge is -2.34. The van der Waals surface area contributed by atoms with E-state index in [-0.39, 0.29) is 11.7 Å². The summed E-state index contributed by atoms with van der Waals surface area (Å²) >= 11 is 0. The quantitative estimate of drug-likeness (QED) is 0.769. The van der Waals surface area contributed by atoms with Crippen LogP contribution in [0.2, 0.25) is 0 Å². The van der Waals surface area contributed by atoms with Crippen molar-refractivity contribution in [3.8, 4) is 0 Å². The van der Waals surface area contributed by atoms with Gasteiger partial charge in [-0.05, 0) is 31.2 Å². The Bertz CT molecular complexity index is 432. The van der Waals surface area contributed by atoms with Crippen molar-refractivity contribution in [1.29, 1.82) is 0 Å². The predicted molar refractivity (Wildman–Crippen MR) is 75.8 cm³/mol. The summed E-state index contributed by atoms with van der Waals surface area (Å²) in [7, 11) is -2.86. The average molecular weight is 287 g/mol. The van der Waals surface area contributed by atoms with Crippen molar-refractivity contribution in [1.82, 2.24) is 4.90 Å². The fourth-order valence-electron chi connectivity index (χ4n) is 3.43. The van der Waals surface area contributed by atoms with Gasteiger partial charge >= 0.3 is 0 Å². The van der Waals surface area contributed by atoms with E-state index in [4.69, 9.17) is 0 Å². The lowest BCUT2D eigenvalue weighted by molar-refractivity contribution is -0.128. The number of hydrogen-bond acceptors (Lipinski definition) is 4. The van der Waals surface area contributed by atoms with Gasteiger partial charge in [0.1, 0.15) is 5.78 Å². The third-order valence-electron chi connectivity index (χ3n) is 4.53. The van der Waals surface area contributed by atoms with E-state index in [1.165, 1.54) is 0 Å². The van der Waals surface area contributed by atoms with Gasteiger partial charge in [0.05, 0.1) is 11.5 Å². The molecule has 2 aliphatic rings. The zero-order valence-electron chi connectivity index (χ0n) is 12.0. The van der Waals surface area contributed by atoms with Crippen LogP contribution in [0.15, 0.2) is 0 Å². The summed E-state index contributed by atoms with van der Waals surface area (Å²) in [5.41, 5.74) is 0. The van der Waals surface area contributed by atoms with Crippen LogP contribution in [0.25, 0.3) is 0 Å². The van der Waals surface area contributed by atoms with Crippen LogP contribution in [0.1, 0.15) is 33.1 Å². The van der Waals surface area contributed by atoms with Crippen molar-refractivity contribution >= 4 is 15.6 Å². The molecule has 3 unspecified atom stereocenters. The Labute approximate surface area is 116 Å². The molecule has 1 aliphatic heterocycles. The topological polar surface area (TPSA) is 54.5 Å². The molecule has 1 saturated carbocycles. The summed E-state index contributed by atoms with van der Waals surface area (Å²) in [6.07, 6.45) is 2.51. The van der Waals surface area contributed by atoms with Crippen molar-refractivity contribution in [2.75, 3.05) is 31.1 Å². The Morgan fingerprint density at radius 2 is 1.95 bits per heavy atom. The molecule has 0 amide bonds. The number of carbonyl (C=O) groups is 1. The van der Waals surface area contributed by atoms with Crippen LogP contribution in [-0.4, -0.2) is 50.2 Å². The SMILES string of the molecule is CC1CC(=O)C(CN2CCCS(=O)(=O)CC2)C(C)C1. The summed E-state index contributed by atoms with van der Waals surface area (Å²) in [6.45, 7) is 6.46. The predicted octanol–water partition coefficient (Wildman–Crippen LogP) is 1.36. The van der Waals surface area contributed by atoms with Gasteiger partial charge in [0.25, 0.3) is 0 Å². The molecule has 19 heavy (non-hydrogen) atoms. The number of ketones is 1. The lowest BCUT2D eigenvalue weighted by Crippen LogP contribution is -2.41. The third kappa shape index (κ3) is 4.02. The smallest absolute Gasteiger partial charge is 0.151 e. The molecule has 0 N–H and O–H groups in total. The second-order valence-corrected chi connectivity index (χ2v) is 8.70. The molecule has 4 nitrogen and oxygen atoms in total. The maximum Gasteiger partial charge on any atom is 0.151 e. The summed E-state index contributed by atoms with van der Waals surface area (Å²) in [5.74, 6) is 1.96. The first-order valence-corrected chi connectivity index (χ1v) is 9.15. The van der Waals surface area contributed by atoms with Crippen molar-refractivity contribution in [3.05, 3.63) is 0 Å². The fourth-order valence-corrected chi connectivity index (χ4v) is 4.74. The van der Waals surface area contributed by atoms with Gasteiger partial charge < -0.3 is 4.90 Å². The first-order valence-electron chi connectivity index (χ1n) is 7.33. The number of nitrogens with zero attached hydrogens (tertiary/aromatic N) is 1. The minimum absolute atomic E-state index is 0.108. The van der Waals surface area contributed by atoms with Crippen LogP contribution in [-0.2, 0) is 14.6 Å². The highest BCUT2D eigenvalue weighted by Crippen LogP contribution is 2.31. The molecule has 3 atom stereocenters. The lowest BCUT2D eigenvalue weighted by atomic mass is 9.74. The molecule has 0 aromatic heterocycles. The highest BCUT2D eigenvalue weighted by atomic mass is 32.2. The van der Waals surface area contributed by atoms with Gasteiger partial charge in [-0.15, -0.1) is 0 Å². The molecule has 5 heteroatoms. The van der Waals surface area contributed by atoms with Gasteiger partial charge in [-0.1, -0.05) is 13.8 Å². The van der Waals surface area contributed by atoms with E-state index in [0.29, 0.717) is 42.8 Å². The number of carbonyl (C=O) groups excluding carboxylic acids is 1. The minimum Gasteiger partial charge on any atom is -0.302 e. The van der Waals surface area contributed by atoms with E-state index >= 15 is 0 Å². The Morgan fingerprint density at radius 1 is 1.21 bits per heavy atom. The van der Waals surface area contributed by atoms with Crippen molar-refractivity contribution < 1.29 is 13.2 Å². The molecular weight excluding hydrogens is 262 g/mol. The second-order valence-electron chi connectivity index (χ2n) is 6.40. The maximum absolute atomic E-state index is 12.2. The summed E-state index contributed by atoms with van der Waals surface area (Å²) in [6, 6.07) is 0. The molecule has 1 saturated heterocycles. The monoisotopic (exact) mass is 287 g/mol. The molecule has 0 bridgehead atoms. The highest BCUT2D eigenvalue weighted by Gasteiger charge is 2.34. The van der Waals surface area contributed by atoms with Crippen molar-refractivity contribution in [2.24, 2.45) is 17.8 Å². The normalized spacial score (nSPS) is 36.9. The van der Waals surface area contributed by atoms with Crippen LogP contribution in [0, 0.1) is 17.8 Å². The zero-order valence-corrected chi connectivity index (χ0v) is 12.8. The Hall–Kier alpha value is -0.420. The van der Waals surface area contributed by atoms with Crippen LogP contribution < -0.4 is 0 Å². The molecule has 0 spiro atoms. The van der Waals surface area contributed by atoms with Gasteiger partial charge in [-0.25, -0.2) is 8.42 Å². The van der Waals surface area contributed by atoms with E-state index in [9.17, 15) is 13.2 Å². The molecule has 0 radical (unpaired) electrons. The van der Waals surface area contributed by atoms with E-state index in [1.54, 1.807) is 0 Å². The molecule has 2 fully saturated rings. The largest absolute Gasteiger partial charge is 0.302 e. The molecule has 0 aromatic carbocycles. The van der Waals surface area contributed by atoms with E-state index < -0.39 is 9.84 Å². The van der Waals surface area contributed by atoms with Gasteiger partial charge in [-0.3, -0.25) is 4.79 Å². The second kappa shape index (κ2) is 5.92. The first-order chi connectivity index (χ1) is 8.87. The number of Topliss-reactive ketones (excluding diaryl/α,β-unsaturated/α-hetero) is 1.